The Morgan fingerprint density at radius 3 is 2.73 bits per heavy atom. The van der Waals surface area contributed by atoms with Gasteiger partial charge in [0.15, 0.2) is 0 Å². The number of carbonyl (C=O) groups is 1. The predicted octanol–water partition coefficient (Wildman–Crippen LogP) is 2.94. The van der Waals surface area contributed by atoms with Gasteiger partial charge in [0.2, 0.25) is 0 Å². The topological polar surface area (TPSA) is 35.5 Å². The zero-order valence-electron chi connectivity index (χ0n) is 8.13. The monoisotopic (exact) mass is 248 g/mol. The molecule has 82 valence electrons. The molecule has 0 N–H and O–H groups in total. The highest BCUT2D eigenvalue weighted by atomic mass is 35.5. The molecule has 1 aromatic carbocycles. The molecule has 0 saturated carbocycles. The summed E-state index contributed by atoms with van der Waals surface area (Å²) >= 11 is 11.5. The van der Waals surface area contributed by atoms with Crippen molar-refractivity contribution < 1.29 is 14.3 Å². The maximum Gasteiger partial charge on any atom is 0.337 e. The van der Waals surface area contributed by atoms with Gasteiger partial charge in [0.1, 0.15) is 12.4 Å². The van der Waals surface area contributed by atoms with Crippen molar-refractivity contribution in [1.82, 2.24) is 0 Å². The third-order valence-corrected chi connectivity index (χ3v) is 2.07. The van der Waals surface area contributed by atoms with Gasteiger partial charge in [0, 0.05) is 11.6 Å². The molecular formula is C10H10Cl2O3. The summed E-state index contributed by atoms with van der Waals surface area (Å²) in [6.45, 7) is 2.17. The molecule has 1 rings (SSSR count). The second kappa shape index (κ2) is 5.95. The van der Waals surface area contributed by atoms with Crippen LogP contribution in [0.2, 0.25) is 10.0 Å². The van der Waals surface area contributed by atoms with Crippen molar-refractivity contribution in [2.24, 2.45) is 0 Å². The molecule has 0 amide bonds. The summed E-state index contributed by atoms with van der Waals surface area (Å²) < 4.78 is 9.84. The highest BCUT2D eigenvalue weighted by molar-refractivity contribution is 6.35. The van der Waals surface area contributed by atoms with Crippen LogP contribution < -0.4 is 4.74 Å². The summed E-state index contributed by atoms with van der Waals surface area (Å²) in [5.41, 5.74) is 0. The highest BCUT2D eigenvalue weighted by Gasteiger charge is 2.08. The first-order valence-electron chi connectivity index (χ1n) is 4.37. The third kappa shape index (κ3) is 4.08. The first kappa shape index (κ1) is 12.3. The largest absolute Gasteiger partial charge is 0.423 e. The van der Waals surface area contributed by atoms with E-state index in [-0.39, 0.29) is 12.4 Å². The predicted molar refractivity (Wildman–Crippen MR) is 58.6 cm³/mol. The van der Waals surface area contributed by atoms with E-state index in [1.165, 1.54) is 12.1 Å². The van der Waals surface area contributed by atoms with Gasteiger partial charge in [-0.3, -0.25) is 0 Å². The van der Waals surface area contributed by atoms with Crippen molar-refractivity contribution in [3.63, 3.8) is 0 Å². The highest BCUT2D eigenvalue weighted by Crippen LogP contribution is 2.27. The Kier molecular flexibility index (Phi) is 4.88. The van der Waals surface area contributed by atoms with Gasteiger partial charge in [-0.25, -0.2) is 4.79 Å². The molecule has 0 heterocycles. The van der Waals surface area contributed by atoms with Crippen LogP contribution in [-0.4, -0.2) is 19.2 Å². The fourth-order valence-corrected chi connectivity index (χ4v) is 1.34. The minimum absolute atomic E-state index is 0.0878. The number of rotatable bonds is 4. The van der Waals surface area contributed by atoms with E-state index in [2.05, 4.69) is 0 Å². The van der Waals surface area contributed by atoms with Gasteiger partial charge >= 0.3 is 5.97 Å². The molecular weight excluding hydrogens is 239 g/mol. The first-order valence-corrected chi connectivity index (χ1v) is 5.12. The standard InChI is InChI=1S/C10H10Cl2O3/c1-2-14-6-10(13)15-9-4-3-7(11)5-8(9)12/h3-5H,2,6H2,1H3. The maximum atomic E-state index is 11.2. The molecule has 0 aliphatic carbocycles. The molecule has 0 unspecified atom stereocenters. The Labute approximate surface area is 97.9 Å². The quantitative estimate of drug-likeness (QED) is 0.607. The number of ether oxygens (including phenoxy) is 2. The first-order chi connectivity index (χ1) is 7.13. The minimum atomic E-state index is -0.485. The van der Waals surface area contributed by atoms with E-state index < -0.39 is 5.97 Å². The number of esters is 1. The average molecular weight is 249 g/mol. The fourth-order valence-electron chi connectivity index (χ4n) is 0.895. The lowest BCUT2D eigenvalue weighted by atomic mass is 10.3. The molecule has 0 aliphatic heterocycles. The van der Waals surface area contributed by atoms with Gasteiger partial charge in [0.25, 0.3) is 0 Å². The van der Waals surface area contributed by atoms with Crippen molar-refractivity contribution >= 4 is 29.2 Å². The SMILES string of the molecule is CCOCC(=O)Oc1ccc(Cl)cc1Cl. The van der Waals surface area contributed by atoms with Crippen LogP contribution in [0.1, 0.15) is 6.92 Å². The molecule has 0 fully saturated rings. The second-order valence-electron chi connectivity index (χ2n) is 2.69. The summed E-state index contributed by atoms with van der Waals surface area (Å²) in [6.07, 6.45) is 0. The molecule has 1 aromatic rings. The number of halogens is 2. The average Bonchev–Trinajstić information content (AvgIpc) is 2.19. The minimum Gasteiger partial charge on any atom is -0.423 e. The lowest BCUT2D eigenvalue weighted by Gasteiger charge is -2.06. The Balaban J connectivity index is 2.60. The fraction of sp³-hybridized carbons (Fsp3) is 0.300. The Hall–Kier alpha value is -0.770. The zero-order chi connectivity index (χ0) is 11.3. The normalized spacial score (nSPS) is 10.1. The lowest BCUT2D eigenvalue weighted by molar-refractivity contribution is -0.139. The van der Waals surface area contributed by atoms with Crippen LogP contribution in [0, 0.1) is 0 Å². The molecule has 3 nitrogen and oxygen atoms in total. The Bertz CT molecular complexity index is 353. The van der Waals surface area contributed by atoms with Gasteiger partial charge in [0.05, 0.1) is 5.02 Å². The molecule has 0 saturated heterocycles. The molecule has 0 aromatic heterocycles. The summed E-state index contributed by atoms with van der Waals surface area (Å²) in [5, 5.41) is 0.789. The van der Waals surface area contributed by atoms with Gasteiger partial charge in [-0.1, -0.05) is 23.2 Å². The van der Waals surface area contributed by atoms with Crippen molar-refractivity contribution in [1.29, 1.82) is 0 Å². The van der Waals surface area contributed by atoms with Crippen LogP contribution in [0.4, 0.5) is 0 Å². The van der Waals surface area contributed by atoms with Gasteiger partial charge in [-0.05, 0) is 25.1 Å². The summed E-state index contributed by atoms with van der Waals surface area (Å²) in [4.78, 5) is 11.2. The maximum absolute atomic E-state index is 11.2. The zero-order valence-corrected chi connectivity index (χ0v) is 9.64. The number of carbonyl (C=O) groups excluding carboxylic acids is 1. The molecule has 0 aliphatic rings. The molecule has 0 radical (unpaired) electrons. The van der Waals surface area contributed by atoms with Crippen LogP contribution in [-0.2, 0) is 9.53 Å². The van der Waals surface area contributed by atoms with E-state index in [4.69, 9.17) is 32.7 Å². The number of hydrogen-bond acceptors (Lipinski definition) is 3. The smallest absolute Gasteiger partial charge is 0.337 e. The number of benzene rings is 1. The van der Waals surface area contributed by atoms with Gasteiger partial charge < -0.3 is 9.47 Å². The van der Waals surface area contributed by atoms with E-state index in [1.54, 1.807) is 13.0 Å². The van der Waals surface area contributed by atoms with Crippen molar-refractivity contribution in [3.05, 3.63) is 28.2 Å². The molecule has 0 spiro atoms. The van der Waals surface area contributed by atoms with E-state index in [9.17, 15) is 4.79 Å². The number of hydrogen-bond donors (Lipinski definition) is 0. The van der Waals surface area contributed by atoms with E-state index >= 15 is 0 Å². The van der Waals surface area contributed by atoms with Crippen LogP contribution in [0.3, 0.4) is 0 Å². The molecule has 0 atom stereocenters. The van der Waals surface area contributed by atoms with Crippen LogP contribution in [0.25, 0.3) is 0 Å². The van der Waals surface area contributed by atoms with E-state index in [1.807, 2.05) is 0 Å². The second-order valence-corrected chi connectivity index (χ2v) is 3.53. The summed E-state index contributed by atoms with van der Waals surface area (Å²) in [7, 11) is 0. The van der Waals surface area contributed by atoms with Crippen LogP contribution in [0.5, 0.6) is 5.75 Å². The van der Waals surface area contributed by atoms with Crippen LogP contribution >= 0.6 is 23.2 Å². The van der Waals surface area contributed by atoms with E-state index in [0.29, 0.717) is 16.7 Å². The Morgan fingerprint density at radius 2 is 2.13 bits per heavy atom. The van der Waals surface area contributed by atoms with Crippen molar-refractivity contribution in [2.45, 2.75) is 6.92 Å². The Morgan fingerprint density at radius 1 is 1.40 bits per heavy atom. The lowest BCUT2D eigenvalue weighted by Crippen LogP contribution is -2.15. The van der Waals surface area contributed by atoms with Gasteiger partial charge in [-0.2, -0.15) is 0 Å². The summed E-state index contributed by atoms with van der Waals surface area (Å²) in [5.74, 6) is -0.202. The summed E-state index contributed by atoms with van der Waals surface area (Å²) in [6, 6.07) is 4.64. The van der Waals surface area contributed by atoms with Crippen LogP contribution in [0.15, 0.2) is 18.2 Å². The van der Waals surface area contributed by atoms with Crippen molar-refractivity contribution in [2.75, 3.05) is 13.2 Å². The molecule has 0 bridgehead atoms. The van der Waals surface area contributed by atoms with Gasteiger partial charge in [-0.15, -0.1) is 0 Å². The van der Waals surface area contributed by atoms with Crippen molar-refractivity contribution in [3.8, 4) is 5.75 Å². The molecule has 5 heteroatoms. The molecule has 15 heavy (non-hydrogen) atoms. The van der Waals surface area contributed by atoms with E-state index in [0.717, 1.165) is 0 Å². The third-order valence-electron chi connectivity index (χ3n) is 1.54.